The van der Waals surface area contributed by atoms with Crippen LogP contribution >= 0.6 is 0 Å². The van der Waals surface area contributed by atoms with E-state index in [0.717, 1.165) is 12.1 Å². The van der Waals surface area contributed by atoms with E-state index < -0.39 is 0 Å². The van der Waals surface area contributed by atoms with Gasteiger partial charge in [-0.1, -0.05) is 0 Å². The third-order valence-electron chi connectivity index (χ3n) is 4.76. The predicted molar refractivity (Wildman–Crippen MR) is 96.3 cm³/mol. The zero-order chi connectivity index (χ0) is 17.7. The molecule has 1 aliphatic heterocycles. The van der Waals surface area contributed by atoms with Gasteiger partial charge in [-0.3, -0.25) is 4.79 Å². The van der Waals surface area contributed by atoms with Crippen molar-refractivity contribution >= 4 is 34.0 Å². The number of nitrogens with one attached hydrogen (secondary N) is 2. The van der Waals surface area contributed by atoms with Crippen molar-refractivity contribution in [3.63, 3.8) is 0 Å². The van der Waals surface area contributed by atoms with Crippen LogP contribution in [0.25, 0.3) is 11.0 Å². The molecule has 1 saturated carbocycles. The molecule has 0 unspecified atom stereocenters. The van der Waals surface area contributed by atoms with Gasteiger partial charge in [-0.2, -0.15) is 0 Å². The summed E-state index contributed by atoms with van der Waals surface area (Å²) in [6, 6.07) is 8.51. The molecule has 0 bridgehead atoms. The number of halogens is 1. The molecule has 7 heteroatoms. The number of hydrogen-bond acceptors (Lipinski definition) is 4. The van der Waals surface area contributed by atoms with Gasteiger partial charge in [0.05, 0.1) is 28.7 Å². The van der Waals surface area contributed by atoms with Crippen LogP contribution in [0, 0.1) is 11.7 Å². The molecule has 2 aromatic carbocycles. The Morgan fingerprint density at radius 3 is 3.04 bits per heavy atom. The van der Waals surface area contributed by atoms with E-state index in [1.54, 1.807) is 30.6 Å². The molecule has 0 radical (unpaired) electrons. The third-order valence-corrected chi connectivity index (χ3v) is 4.76. The molecular weight excluding hydrogens is 335 g/mol. The number of imidazole rings is 1. The zero-order valence-electron chi connectivity index (χ0n) is 14.0. The summed E-state index contributed by atoms with van der Waals surface area (Å²) < 4.78 is 22.0. The van der Waals surface area contributed by atoms with E-state index in [-0.39, 0.29) is 18.3 Å². The van der Waals surface area contributed by atoms with Crippen molar-refractivity contribution in [2.24, 2.45) is 5.92 Å². The minimum absolute atomic E-state index is 0.0167. The van der Waals surface area contributed by atoms with E-state index >= 15 is 0 Å². The van der Waals surface area contributed by atoms with Gasteiger partial charge in [-0.05, 0) is 37.0 Å². The van der Waals surface area contributed by atoms with Gasteiger partial charge in [0.2, 0.25) is 0 Å². The number of benzene rings is 2. The Morgan fingerprint density at radius 1 is 1.31 bits per heavy atom. The lowest BCUT2D eigenvalue weighted by atomic mass is 10.2. The lowest BCUT2D eigenvalue weighted by Gasteiger charge is -2.19. The van der Waals surface area contributed by atoms with Crippen molar-refractivity contribution in [1.29, 1.82) is 0 Å². The highest BCUT2D eigenvalue weighted by molar-refractivity contribution is 5.95. The Kier molecular flexibility index (Phi) is 3.34. The summed E-state index contributed by atoms with van der Waals surface area (Å²) in [6.45, 7) is 0.908. The fourth-order valence-electron chi connectivity index (χ4n) is 3.21. The summed E-state index contributed by atoms with van der Waals surface area (Å²) in [4.78, 5) is 15.7. The van der Waals surface area contributed by atoms with E-state index in [1.165, 1.54) is 18.9 Å². The van der Waals surface area contributed by atoms with Gasteiger partial charge in [-0.15, -0.1) is 0 Å². The first-order chi connectivity index (χ1) is 12.7. The molecule has 2 heterocycles. The minimum Gasteiger partial charge on any atom is -0.482 e. The quantitative estimate of drug-likeness (QED) is 0.752. The van der Waals surface area contributed by atoms with Gasteiger partial charge in [0.25, 0.3) is 5.91 Å². The van der Waals surface area contributed by atoms with Crippen LogP contribution in [0.3, 0.4) is 0 Å². The molecule has 1 aromatic heterocycles. The number of ether oxygens (including phenoxy) is 1. The molecule has 3 aromatic rings. The summed E-state index contributed by atoms with van der Waals surface area (Å²) >= 11 is 0. The van der Waals surface area contributed by atoms with E-state index in [9.17, 15) is 9.18 Å². The van der Waals surface area contributed by atoms with Crippen molar-refractivity contribution < 1.29 is 13.9 Å². The molecule has 0 atom stereocenters. The van der Waals surface area contributed by atoms with Gasteiger partial charge in [-0.25, -0.2) is 9.37 Å². The van der Waals surface area contributed by atoms with Gasteiger partial charge < -0.3 is 19.9 Å². The fraction of sp³-hybridized carbons (Fsp3) is 0.263. The summed E-state index contributed by atoms with van der Waals surface area (Å²) in [5.74, 6) is 0.733. The summed E-state index contributed by atoms with van der Waals surface area (Å²) in [7, 11) is 0. The lowest BCUT2D eigenvalue weighted by Crippen LogP contribution is -2.25. The fourth-order valence-corrected chi connectivity index (χ4v) is 3.21. The van der Waals surface area contributed by atoms with E-state index in [4.69, 9.17) is 4.74 Å². The smallest absolute Gasteiger partial charge is 0.262 e. The Balaban J connectivity index is 1.46. The Labute approximate surface area is 149 Å². The molecule has 0 spiro atoms. The van der Waals surface area contributed by atoms with Crippen molar-refractivity contribution in [2.75, 3.05) is 17.2 Å². The number of fused-ring (bicyclic) bond motifs is 2. The maximum atomic E-state index is 14.5. The van der Waals surface area contributed by atoms with Crippen LogP contribution in [-0.2, 0) is 11.3 Å². The van der Waals surface area contributed by atoms with Gasteiger partial charge in [0.15, 0.2) is 6.61 Å². The molecule has 6 nitrogen and oxygen atoms in total. The average molecular weight is 352 g/mol. The number of carbonyl (C=O) groups excluding carboxylic acids is 1. The normalized spacial score (nSPS) is 16.1. The summed E-state index contributed by atoms with van der Waals surface area (Å²) in [5, 5.41) is 5.84. The molecule has 5 rings (SSSR count). The number of aromatic nitrogens is 2. The molecule has 2 N–H and O–H groups in total. The molecule has 1 fully saturated rings. The van der Waals surface area contributed by atoms with E-state index in [0.29, 0.717) is 34.2 Å². The average Bonchev–Trinajstić information content (AvgIpc) is 3.37. The standard InChI is InChI=1S/C19H17FN4O2/c20-13-6-16-17(24(10-21-16)8-11-1-2-11)7-15(13)22-12-3-4-14-18(5-12)26-9-19(25)23-14/h3-7,10-11,22H,1-2,8-9H2,(H,23,25). The van der Waals surface area contributed by atoms with Crippen LogP contribution in [0.15, 0.2) is 36.7 Å². The van der Waals surface area contributed by atoms with Crippen LogP contribution < -0.4 is 15.4 Å². The van der Waals surface area contributed by atoms with Crippen molar-refractivity contribution in [1.82, 2.24) is 9.55 Å². The number of nitrogens with zero attached hydrogens (tertiary/aromatic N) is 2. The van der Waals surface area contributed by atoms with Crippen molar-refractivity contribution in [3.05, 3.63) is 42.5 Å². The molecular formula is C19H17FN4O2. The Hall–Kier alpha value is -3.09. The highest BCUT2D eigenvalue weighted by atomic mass is 19.1. The number of amides is 1. The maximum absolute atomic E-state index is 14.5. The third kappa shape index (κ3) is 2.75. The largest absolute Gasteiger partial charge is 0.482 e. The van der Waals surface area contributed by atoms with Crippen LogP contribution in [0.1, 0.15) is 12.8 Å². The number of carbonyl (C=O) groups is 1. The first kappa shape index (κ1) is 15.2. The summed E-state index contributed by atoms with van der Waals surface area (Å²) in [6.07, 6.45) is 4.27. The molecule has 1 aliphatic carbocycles. The Morgan fingerprint density at radius 2 is 2.19 bits per heavy atom. The van der Waals surface area contributed by atoms with Crippen LogP contribution in [0.5, 0.6) is 5.75 Å². The molecule has 2 aliphatic rings. The van der Waals surface area contributed by atoms with Crippen LogP contribution in [0.4, 0.5) is 21.5 Å². The first-order valence-electron chi connectivity index (χ1n) is 8.64. The zero-order valence-corrected chi connectivity index (χ0v) is 14.0. The summed E-state index contributed by atoms with van der Waals surface area (Å²) in [5.41, 5.74) is 3.26. The van der Waals surface area contributed by atoms with Crippen molar-refractivity contribution in [3.8, 4) is 5.75 Å². The Bertz CT molecular complexity index is 1030. The number of rotatable bonds is 4. The number of hydrogen-bond donors (Lipinski definition) is 2. The van der Waals surface area contributed by atoms with Gasteiger partial charge in [0.1, 0.15) is 11.6 Å². The molecule has 26 heavy (non-hydrogen) atoms. The SMILES string of the molecule is O=C1COc2cc(Nc3cc4c(cc3F)ncn4CC3CC3)ccc2N1. The highest BCUT2D eigenvalue weighted by Crippen LogP contribution is 2.34. The van der Waals surface area contributed by atoms with Crippen LogP contribution in [-0.4, -0.2) is 22.1 Å². The predicted octanol–water partition coefficient (Wildman–Crippen LogP) is 3.66. The second-order valence-corrected chi connectivity index (χ2v) is 6.83. The van der Waals surface area contributed by atoms with E-state index in [1.807, 2.05) is 0 Å². The lowest BCUT2D eigenvalue weighted by molar-refractivity contribution is -0.118. The molecule has 132 valence electrons. The van der Waals surface area contributed by atoms with Crippen LogP contribution in [0.2, 0.25) is 0 Å². The topological polar surface area (TPSA) is 68.2 Å². The molecule has 0 saturated heterocycles. The van der Waals surface area contributed by atoms with Gasteiger partial charge >= 0.3 is 0 Å². The number of anilines is 3. The van der Waals surface area contributed by atoms with E-state index in [2.05, 4.69) is 20.2 Å². The monoisotopic (exact) mass is 352 g/mol. The maximum Gasteiger partial charge on any atom is 0.262 e. The minimum atomic E-state index is -0.360. The highest BCUT2D eigenvalue weighted by Gasteiger charge is 2.23. The molecule has 1 amide bonds. The van der Waals surface area contributed by atoms with Gasteiger partial charge in [0, 0.05) is 24.4 Å². The first-order valence-corrected chi connectivity index (χ1v) is 8.64. The van der Waals surface area contributed by atoms with Crippen molar-refractivity contribution in [2.45, 2.75) is 19.4 Å². The second kappa shape index (κ2) is 5.72. The second-order valence-electron chi connectivity index (χ2n) is 6.83.